The molecule has 1 amide bonds. The van der Waals surface area contributed by atoms with E-state index in [1.54, 1.807) is 12.0 Å². The van der Waals surface area contributed by atoms with Gasteiger partial charge in [-0.2, -0.15) is 4.31 Å². The van der Waals surface area contributed by atoms with Gasteiger partial charge in [0, 0.05) is 19.6 Å². The number of carbonyl (C=O) groups excluding carboxylic acids is 1. The zero-order chi connectivity index (χ0) is 17.6. The average molecular weight is 354 g/mol. The summed E-state index contributed by atoms with van der Waals surface area (Å²) in [6.07, 6.45) is 4.77. The fourth-order valence-electron chi connectivity index (χ4n) is 2.91. The summed E-state index contributed by atoms with van der Waals surface area (Å²) in [5.74, 6) is 0.619. The van der Waals surface area contributed by atoms with Crippen LogP contribution in [0, 0.1) is 0 Å². The van der Waals surface area contributed by atoms with E-state index in [-0.39, 0.29) is 19.0 Å². The van der Waals surface area contributed by atoms with E-state index >= 15 is 0 Å². The fourth-order valence-corrected chi connectivity index (χ4v) is 3.68. The first-order valence-electron chi connectivity index (χ1n) is 8.26. The number of sulfonamides is 1. The molecule has 1 fully saturated rings. The van der Waals surface area contributed by atoms with E-state index in [0.29, 0.717) is 6.42 Å². The molecule has 0 spiro atoms. The maximum atomic E-state index is 12.4. The number of hydrogen-bond acceptors (Lipinski definition) is 4. The van der Waals surface area contributed by atoms with Gasteiger partial charge in [0.2, 0.25) is 15.9 Å². The molecule has 0 aromatic heterocycles. The van der Waals surface area contributed by atoms with Crippen molar-refractivity contribution in [2.45, 2.75) is 25.7 Å². The van der Waals surface area contributed by atoms with Gasteiger partial charge in [-0.3, -0.25) is 4.79 Å². The number of ether oxygens (including phenoxy) is 1. The van der Waals surface area contributed by atoms with Gasteiger partial charge in [0.25, 0.3) is 0 Å². The lowest BCUT2D eigenvalue weighted by molar-refractivity contribution is -0.132. The summed E-state index contributed by atoms with van der Waals surface area (Å²) in [7, 11) is -1.85. The zero-order valence-corrected chi connectivity index (χ0v) is 15.2. The highest BCUT2D eigenvalue weighted by molar-refractivity contribution is 7.88. The first-order valence-corrected chi connectivity index (χ1v) is 10.1. The summed E-state index contributed by atoms with van der Waals surface area (Å²) in [6, 6.07) is 7.52. The van der Waals surface area contributed by atoms with Gasteiger partial charge in [-0.25, -0.2) is 8.42 Å². The smallest absolute Gasteiger partial charge is 0.237 e. The predicted octanol–water partition coefficient (Wildman–Crippen LogP) is 1.51. The van der Waals surface area contributed by atoms with Gasteiger partial charge >= 0.3 is 0 Å². The Bertz CT molecular complexity index is 654. The summed E-state index contributed by atoms with van der Waals surface area (Å²) in [5, 5.41) is 0. The Labute approximate surface area is 144 Å². The molecular weight excluding hydrogens is 328 g/mol. The van der Waals surface area contributed by atoms with E-state index in [1.807, 2.05) is 24.3 Å². The minimum Gasteiger partial charge on any atom is -0.496 e. The van der Waals surface area contributed by atoms with E-state index < -0.39 is 10.0 Å². The lowest BCUT2D eigenvalue weighted by Crippen LogP contribution is -2.45. The Kier molecular flexibility index (Phi) is 6.62. The SMILES string of the molecule is COc1ccccc1CCN(CC(=O)N1CCCCC1)S(C)(=O)=O. The number of para-hydroxylation sites is 1. The Morgan fingerprint density at radius 3 is 2.50 bits per heavy atom. The topological polar surface area (TPSA) is 66.9 Å². The highest BCUT2D eigenvalue weighted by Crippen LogP contribution is 2.18. The van der Waals surface area contributed by atoms with E-state index in [9.17, 15) is 13.2 Å². The standard InChI is InChI=1S/C17H26N2O4S/c1-23-16-9-5-4-8-15(16)10-13-19(24(2,21)22)14-17(20)18-11-6-3-7-12-18/h4-5,8-9H,3,6-7,10-14H2,1-2H3. The number of benzene rings is 1. The van der Waals surface area contributed by atoms with Crippen molar-refractivity contribution in [2.24, 2.45) is 0 Å². The minimum atomic E-state index is -3.44. The molecule has 134 valence electrons. The Morgan fingerprint density at radius 1 is 1.21 bits per heavy atom. The van der Waals surface area contributed by atoms with Crippen LogP contribution in [0.5, 0.6) is 5.75 Å². The van der Waals surface area contributed by atoms with Gasteiger partial charge in [-0.1, -0.05) is 18.2 Å². The monoisotopic (exact) mass is 354 g/mol. The normalized spacial score (nSPS) is 15.5. The quantitative estimate of drug-likeness (QED) is 0.744. The van der Waals surface area contributed by atoms with Crippen molar-refractivity contribution < 1.29 is 17.9 Å². The van der Waals surface area contributed by atoms with Gasteiger partial charge in [0.1, 0.15) is 5.75 Å². The summed E-state index contributed by atoms with van der Waals surface area (Å²) < 4.78 is 30.7. The van der Waals surface area contributed by atoms with Crippen LogP contribution in [0.3, 0.4) is 0 Å². The summed E-state index contributed by atoms with van der Waals surface area (Å²) in [4.78, 5) is 14.2. The average Bonchev–Trinajstić information content (AvgIpc) is 2.58. The largest absolute Gasteiger partial charge is 0.496 e. The maximum absolute atomic E-state index is 12.4. The summed E-state index contributed by atoms with van der Waals surface area (Å²) in [6.45, 7) is 1.62. The number of piperidine rings is 1. The van der Waals surface area contributed by atoms with Crippen molar-refractivity contribution in [3.8, 4) is 5.75 Å². The van der Waals surface area contributed by atoms with E-state index in [1.165, 1.54) is 4.31 Å². The van der Waals surface area contributed by atoms with Gasteiger partial charge in [0.15, 0.2) is 0 Å². The number of hydrogen-bond donors (Lipinski definition) is 0. The molecule has 7 heteroatoms. The zero-order valence-electron chi connectivity index (χ0n) is 14.4. The van der Waals surface area contributed by atoms with Crippen molar-refractivity contribution >= 4 is 15.9 Å². The Morgan fingerprint density at radius 2 is 1.88 bits per heavy atom. The van der Waals surface area contributed by atoms with Crippen LogP contribution < -0.4 is 4.74 Å². The molecule has 1 aliphatic heterocycles. The molecular formula is C17H26N2O4S. The molecule has 2 rings (SSSR count). The van der Waals surface area contributed by atoms with Crippen LogP contribution >= 0.6 is 0 Å². The summed E-state index contributed by atoms with van der Waals surface area (Å²) >= 11 is 0. The molecule has 1 aliphatic rings. The highest BCUT2D eigenvalue weighted by Gasteiger charge is 2.24. The molecule has 0 saturated carbocycles. The second kappa shape index (κ2) is 8.48. The van der Waals surface area contributed by atoms with Crippen molar-refractivity contribution in [1.29, 1.82) is 0 Å². The van der Waals surface area contributed by atoms with Crippen molar-refractivity contribution in [3.05, 3.63) is 29.8 Å². The molecule has 0 bridgehead atoms. The van der Waals surface area contributed by atoms with Crippen LogP contribution in [-0.2, 0) is 21.2 Å². The highest BCUT2D eigenvalue weighted by atomic mass is 32.2. The molecule has 1 saturated heterocycles. The van der Waals surface area contributed by atoms with Crippen LogP contribution in [0.15, 0.2) is 24.3 Å². The van der Waals surface area contributed by atoms with E-state index in [2.05, 4.69) is 0 Å². The van der Waals surface area contributed by atoms with E-state index in [4.69, 9.17) is 4.74 Å². The van der Waals surface area contributed by atoms with Crippen LogP contribution in [0.2, 0.25) is 0 Å². The van der Waals surface area contributed by atoms with Crippen molar-refractivity contribution in [2.75, 3.05) is 39.5 Å². The third-order valence-electron chi connectivity index (χ3n) is 4.31. The molecule has 0 N–H and O–H groups in total. The van der Waals surface area contributed by atoms with Crippen molar-refractivity contribution in [3.63, 3.8) is 0 Å². The maximum Gasteiger partial charge on any atom is 0.237 e. The minimum absolute atomic E-state index is 0.0893. The molecule has 0 atom stereocenters. The van der Waals surface area contributed by atoms with Crippen LogP contribution in [0.25, 0.3) is 0 Å². The molecule has 1 aromatic carbocycles. The lowest BCUT2D eigenvalue weighted by atomic mass is 10.1. The van der Waals surface area contributed by atoms with Crippen molar-refractivity contribution in [1.82, 2.24) is 9.21 Å². The van der Waals surface area contributed by atoms with Gasteiger partial charge in [-0.05, 0) is 37.3 Å². The third kappa shape index (κ3) is 5.21. The summed E-state index contributed by atoms with van der Waals surface area (Å²) in [5.41, 5.74) is 0.930. The Balaban J connectivity index is 2.02. The number of rotatable bonds is 7. The number of nitrogens with zero attached hydrogens (tertiary/aromatic N) is 2. The van der Waals surface area contributed by atoms with E-state index in [0.717, 1.165) is 49.9 Å². The van der Waals surface area contributed by atoms with Crippen LogP contribution in [0.4, 0.5) is 0 Å². The first-order chi connectivity index (χ1) is 11.4. The second-order valence-electron chi connectivity index (χ2n) is 6.10. The van der Waals surface area contributed by atoms with Crippen LogP contribution in [0.1, 0.15) is 24.8 Å². The molecule has 0 unspecified atom stereocenters. The molecule has 6 nitrogen and oxygen atoms in total. The molecule has 1 heterocycles. The molecule has 0 radical (unpaired) electrons. The lowest BCUT2D eigenvalue weighted by Gasteiger charge is -2.29. The fraction of sp³-hybridized carbons (Fsp3) is 0.588. The van der Waals surface area contributed by atoms with Gasteiger partial charge in [0.05, 0.1) is 19.9 Å². The number of likely N-dealkylation sites (tertiary alicyclic amines) is 1. The predicted molar refractivity (Wildman–Crippen MR) is 93.5 cm³/mol. The molecule has 0 aliphatic carbocycles. The Hall–Kier alpha value is -1.60. The van der Waals surface area contributed by atoms with Gasteiger partial charge < -0.3 is 9.64 Å². The second-order valence-corrected chi connectivity index (χ2v) is 8.08. The molecule has 24 heavy (non-hydrogen) atoms. The number of carbonyl (C=O) groups is 1. The number of methoxy groups -OCH3 is 1. The van der Waals surface area contributed by atoms with Gasteiger partial charge in [-0.15, -0.1) is 0 Å². The van der Waals surface area contributed by atoms with Crippen LogP contribution in [-0.4, -0.2) is 63.1 Å². The molecule has 1 aromatic rings. The number of amides is 1. The first kappa shape index (κ1) is 18.7. The third-order valence-corrected chi connectivity index (χ3v) is 5.56.